The molecule has 98 valence electrons. The van der Waals surface area contributed by atoms with Crippen molar-refractivity contribution in [1.29, 1.82) is 0 Å². The van der Waals surface area contributed by atoms with Gasteiger partial charge in [-0.05, 0) is 44.7 Å². The molecular weight excluding hydrogens is 236 g/mol. The topological polar surface area (TPSA) is 49.4 Å². The highest BCUT2D eigenvalue weighted by molar-refractivity contribution is 7.89. The van der Waals surface area contributed by atoms with Crippen molar-refractivity contribution in [3.63, 3.8) is 0 Å². The van der Waals surface area contributed by atoms with Crippen LogP contribution in [-0.4, -0.2) is 44.2 Å². The van der Waals surface area contributed by atoms with Gasteiger partial charge in [-0.2, -0.15) is 4.31 Å². The molecule has 2 aliphatic rings. The number of nitrogens with one attached hydrogen (secondary N) is 1. The highest BCUT2D eigenvalue weighted by Gasteiger charge is 2.37. The monoisotopic (exact) mass is 258 g/mol. The van der Waals surface area contributed by atoms with Crippen LogP contribution in [0.5, 0.6) is 0 Å². The minimum Gasteiger partial charge on any atom is -0.317 e. The average molecular weight is 258 g/mol. The van der Waals surface area contributed by atoms with Crippen molar-refractivity contribution in [3.8, 4) is 0 Å². The first-order valence-electron chi connectivity index (χ1n) is 6.44. The summed E-state index contributed by atoms with van der Waals surface area (Å²) in [5.41, 5.74) is 0. The Morgan fingerprint density at radius 1 is 1.24 bits per heavy atom. The first-order chi connectivity index (χ1) is 8.13. The van der Waals surface area contributed by atoms with E-state index in [0.29, 0.717) is 18.2 Å². The van der Waals surface area contributed by atoms with Crippen LogP contribution >= 0.6 is 0 Å². The van der Waals surface area contributed by atoms with Gasteiger partial charge in [-0.1, -0.05) is 6.08 Å². The quantitative estimate of drug-likeness (QED) is 0.722. The fourth-order valence-corrected chi connectivity index (χ4v) is 4.54. The maximum Gasteiger partial charge on any atom is 0.214 e. The first kappa shape index (κ1) is 13.1. The van der Waals surface area contributed by atoms with Gasteiger partial charge in [-0.25, -0.2) is 8.42 Å². The number of nitrogens with zero attached hydrogens (tertiary/aromatic N) is 1. The Labute approximate surface area is 104 Å². The minimum atomic E-state index is -3.09. The molecule has 0 atom stereocenters. The van der Waals surface area contributed by atoms with Gasteiger partial charge in [0, 0.05) is 12.6 Å². The van der Waals surface area contributed by atoms with Gasteiger partial charge in [0.15, 0.2) is 0 Å². The van der Waals surface area contributed by atoms with Crippen LogP contribution in [0.1, 0.15) is 25.7 Å². The van der Waals surface area contributed by atoms with Crippen molar-refractivity contribution in [3.05, 3.63) is 12.7 Å². The molecule has 4 nitrogen and oxygen atoms in total. The van der Waals surface area contributed by atoms with E-state index in [2.05, 4.69) is 11.9 Å². The second kappa shape index (κ2) is 5.50. The van der Waals surface area contributed by atoms with Crippen molar-refractivity contribution in [2.45, 2.75) is 31.7 Å². The Kier molecular flexibility index (Phi) is 4.22. The van der Waals surface area contributed by atoms with Crippen LogP contribution in [0.25, 0.3) is 0 Å². The molecular formula is C12H22N2O2S. The zero-order chi connectivity index (χ0) is 12.3. The Bertz CT molecular complexity index is 357. The summed E-state index contributed by atoms with van der Waals surface area (Å²) in [5, 5.41) is 3.27. The number of sulfonamides is 1. The standard InChI is InChI=1S/C12H22N2O2S/c1-2-9-14(12-3-4-12)17(15,16)10-11-5-7-13-8-6-11/h2,11-13H,1,3-10H2. The lowest BCUT2D eigenvalue weighted by atomic mass is 10.0. The molecule has 1 heterocycles. The molecule has 1 saturated carbocycles. The van der Waals surface area contributed by atoms with Gasteiger partial charge < -0.3 is 5.32 Å². The third-order valence-electron chi connectivity index (χ3n) is 3.53. The molecule has 0 aromatic carbocycles. The van der Waals surface area contributed by atoms with E-state index in [9.17, 15) is 8.42 Å². The molecule has 0 aromatic rings. The minimum absolute atomic E-state index is 0.250. The van der Waals surface area contributed by atoms with Gasteiger partial charge in [0.1, 0.15) is 0 Å². The Morgan fingerprint density at radius 2 is 1.88 bits per heavy atom. The third kappa shape index (κ3) is 3.53. The van der Waals surface area contributed by atoms with Crippen LogP contribution in [0.3, 0.4) is 0 Å². The molecule has 2 fully saturated rings. The van der Waals surface area contributed by atoms with Gasteiger partial charge in [0.25, 0.3) is 0 Å². The van der Waals surface area contributed by atoms with E-state index in [1.54, 1.807) is 10.4 Å². The van der Waals surface area contributed by atoms with Crippen molar-refractivity contribution in [2.24, 2.45) is 5.92 Å². The molecule has 0 amide bonds. The highest BCUT2D eigenvalue weighted by atomic mass is 32.2. The fourth-order valence-electron chi connectivity index (χ4n) is 2.42. The molecule has 0 bridgehead atoms. The molecule has 5 heteroatoms. The summed E-state index contributed by atoms with van der Waals surface area (Å²) in [7, 11) is -3.09. The van der Waals surface area contributed by atoms with E-state index in [4.69, 9.17) is 0 Å². The van der Waals surface area contributed by atoms with E-state index < -0.39 is 10.0 Å². The predicted octanol–water partition coefficient (Wildman–Crippen LogP) is 0.966. The van der Waals surface area contributed by atoms with Crippen LogP contribution in [0.2, 0.25) is 0 Å². The summed E-state index contributed by atoms with van der Waals surface area (Å²) in [6.07, 6.45) is 5.68. The zero-order valence-electron chi connectivity index (χ0n) is 10.3. The molecule has 0 aromatic heterocycles. The van der Waals surface area contributed by atoms with Crippen molar-refractivity contribution >= 4 is 10.0 Å². The molecule has 1 N–H and O–H groups in total. The smallest absolute Gasteiger partial charge is 0.214 e. The van der Waals surface area contributed by atoms with Gasteiger partial charge >= 0.3 is 0 Å². The Hall–Kier alpha value is -0.390. The van der Waals surface area contributed by atoms with Crippen molar-refractivity contribution in [2.75, 3.05) is 25.4 Å². The van der Waals surface area contributed by atoms with Crippen LogP contribution in [0.15, 0.2) is 12.7 Å². The van der Waals surface area contributed by atoms with Crippen LogP contribution in [-0.2, 0) is 10.0 Å². The maximum atomic E-state index is 12.3. The zero-order valence-corrected chi connectivity index (χ0v) is 11.1. The number of piperidine rings is 1. The largest absolute Gasteiger partial charge is 0.317 e. The number of rotatable bonds is 6. The van der Waals surface area contributed by atoms with Gasteiger partial charge in [-0.3, -0.25) is 0 Å². The lowest BCUT2D eigenvalue weighted by molar-refractivity contribution is 0.382. The van der Waals surface area contributed by atoms with E-state index in [1.165, 1.54) is 0 Å². The van der Waals surface area contributed by atoms with E-state index in [-0.39, 0.29) is 6.04 Å². The first-order valence-corrected chi connectivity index (χ1v) is 8.05. The fraction of sp³-hybridized carbons (Fsp3) is 0.833. The molecule has 1 aliphatic heterocycles. The Morgan fingerprint density at radius 3 is 2.41 bits per heavy atom. The number of hydrogen-bond donors (Lipinski definition) is 1. The summed E-state index contributed by atoms with van der Waals surface area (Å²) in [6, 6.07) is 0.250. The molecule has 17 heavy (non-hydrogen) atoms. The summed E-state index contributed by atoms with van der Waals surface area (Å²) >= 11 is 0. The van der Waals surface area contributed by atoms with Crippen LogP contribution in [0, 0.1) is 5.92 Å². The van der Waals surface area contributed by atoms with Crippen molar-refractivity contribution in [1.82, 2.24) is 9.62 Å². The highest BCUT2D eigenvalue weighted by Crippen LogP contribution is 2.30. The summed E-state index contributed by atoms with van der Waals surface area (Å²) in [4.78, 5) is 0. The van der Waals surface area contributed by atoms with Gasteiger partial charge in [0.05, 0.1) is 5.75 Å². The molecule has 0 radical (unpaired) electrons. The SMILES string of the molecule is C=CCN(C1CC1)S(=O)(=O)CC1CCNCC1. The second-order valence-electron chi connectivity index (χ2n) is 5.06. The predicted molar refractivity (Wildman–Crippen MR) is 69.3 cm³/mol. The molecule has 1 saturated heterocycles. The second-order valence-corrected chi connectivity index (χ2v) is 7.03. The summed E-state index contributed by atoms with van der Waals surface area (Å²) in [5.74, 6) is 0.645. The van der Waals surface area contributed by atoms with Crippen LogP contribution < -0.4 is 5.32 Å². The summed E-state index contributed by atoms with van der Waals surface area (Å²) in [6.45, 7) is 6.02. The normalized spacial score (nSPS) is 22.9. The van der Waals surface area contributed by atoms with Crippen molar-refractivity contribution < 1.29 is 8.42 Å². The average Bonchev–Trinajstić information content (AvgIpc) is 3.10. The van der Waals surface area contributed by atoms with E-state index in [0.717, 1.165) is 38.8 Å². The van der Waals surface area contributed by atoms with Gasteiger partial charge in [0.2, 0.25) is 10.0 Å². The molecule has 2 rings (SSSR count). The van der Waals surface area contributed by atoms with E-state index in [1.807, 2.05) is 0 Å². The third-order valence-corrected chi connectivity index (χ3v) is 5.58. The lowest BCUT2D eigenvalue weighted by Crippen LogP contribution is -2.39. The molecule has 0 unspecified atom stereocenters. The molecule has 0 spiro atoms. The van der Waals surface area contributed by atoms with E-state index >= 15 is 0 Å². The molecule has 1 aliphatic carbocycles. The Balaban J connectivity index is 1.97. The summed E-state index contributed by atoms with van der Waals surface area (Å²) < 4.78 is 26.3. The maximum absolute atomic E-state index is 12.3. The van der Waals surface area contributed by atoms with Gasteiger partial charge in [-0.15, -0.1) is 6.58 Å². The number of hydrogen-bond acceptors (Lipinski definition) is 3. The lowest BCUT2D eigenvalue weighted by Gasteiger charge is -2.26. The van der Waals surface area contributed by atoms with Crippen LogP contribution in [0.4, 0.5) is 0 Å².